The van der Waals surface area contributed by atoms with Crippen LogP contribution < -0.4 is 10.2 Å². The van der Waals surface area contributed by atoms with E-state index in [9.17, 15) is 9.59 Å². The van der Waals surface area contributed by atoms with Crippen molar-refractivity contribution in [1.82, 2.24) is 5.32 Å². The molecule has 2 amide bonds. The predicted octanol–water partition coefficient (Wildman–Crippen LogP) is 2.18. The number of aliphatic carboxylic acids is 1. The summed E-state index contributed by atoms with van der Waals surface area (Å²) in [5, 5.41) is 11.9. The molecule has 1 unspecified atom stereocenters. The van der Waals surface area contributed by atoms with Gasteiger partial charge in [-0.2, -0.15) is 0 Å². The molecule has 1 aromatic rings. The van der Waals surface area contributed by atoms with Crippen molar-refractivity contribution in [1.29, 1.82) is 0 Å². The van der Waals surface area contributed by atoms with Gasteiger partial charge in [0.2, 0.25) is 0 Å². The Hall–Kier alpha value is -2.04. The van der Waals surface area contributed by atoms with E-state index in [2.05, 4.69) is 5.32 Å². The number of carbonyl (C=O) groups is 2. The van der Waals surface area contributed by atoms with Gasteiger partial charge in [-0.25, -0.2) is 4.79 Å². The van der Waals surface area contributed by atoms with Gasteiger partial charge in [0.05, 0.1) is 6.42 Å². The number of rotatable bonds is 5. The van der Waals surface area contributed by atoms with E-state index in [4.69, 9.17) is 5.11 Å². The van der Waals surface area contributed by atoms with E-state index in [0.29, 0.717) is 19.0 Å². The van der Waals surface area contributed by atoms with Crippen LogP contribution >= 0.6 is 0 Å². The maximum atomic E-state index is 11.9. The molecule has 2 aliphatic rings. The van der Waals surface area contributed by atoms with Crippen molar-refractivity contribution in [2.75, 3.05) is 18.0 Å². The number of benzene rings is 1. The van der Waals surface area contributed by atoms with E-state index >= 15 is 0 Å². The third kappa shape index (κ3) is 2.48. The van der Waals surface area contributed by atoms with Crippen molar-refractivity contribution in [2.24, 2.45) is 5.92 Å². The van der Waals surface area contributed by atoms with Crippen molar-refractivity contribution in [3.05, 3.63) is 29.8 Å². The molecule has 0 aromatic heterocycles. The Bertz CT molecular complexity index is 540. The zero-order valence-corrected chi connectivity index (χ0v) is 11.2. The molecule has 1 saturated carbocycles. The van der Waals surface area contributed by atoms with Gasteiger partial charge in [-0.1, -0.05) is 18.2 Å². The number of anilines is 1. The lowest BCUT2D eigenvalue weighted by molar-refractivity contribution is -0.137. The second kappa shape index (κ2) is 5.15. The summed E-state index contributed by atoms with van der Waals surface area (Å²) in [5.74, 6) is -0.322. The van der Waals surface area contributed by atoms with Crippen LogP contribution in [-0.2, 0) is 4.79 Å². The zero-order chi connectivity index (χ0) is 14.1. The fourth-order valence-electron chi connectivity index (χ4n) is 2.97. The largest absolute Gasteiger partial charge is 0.481 e. The Kier molecular flexibility index (Phi) is 3.34. The molecule has 1 atom stereocenters. The molecule has 106 valence electrons. The molecule has 1 aromatic carbocycles. The lowest BCUT2D eigenvalue weighted by Crippen LogP contribution is -2.29. The van der Waals surface area contributed by atoms with Crippen molar-refractivity contribution in [3.8, 4) is 0 Å². The molecule has 2 fully saturated rings. The Morgan fingerprint density at radius 2 is 2.15 bits per heavy atom. The van der Waals surface area contributed by atoms with Gasteiger partial charge in [0.1, 0.15) is 0 Å². The van der Waals surface area contributed by atoms with Gasteiger partial charge in [-0.05, 0) is 36.3 Å². The van der Waals surface area contributed by atoms with E-state index in [-0.39, 0.29) is 18.4 Å². The first-order valence-electron chi connectivity index (χ1n) is 7.03. The smallest absolute Gasteiger partial charge is 0.322 e. The van der Waals surface area contributed by atoms with Gasteiger partial charge in [0.15, 0.2) is 0 Å². The second-order valence-electron chi connectivity index (χ2n) is 5.48. The average Bonchev–Trinajstić information content (AvgIpc) is 3.18. The van der Waals surface area contributed by atoms with Crippen LogP contribution in [0, 0.1) is 5.92 Å². The quantitative estimate of drug-likeness (QED) is 0.864. The molecule has 2 N–H and O–H groups in total. The van der Waals surface area contributed by atoms with Crippen molar-refractivity contribution >= 4 is 17.7 Å². The molecule has 1 heterocycles. The number of carboxylic acids is 1. The SMILES string of the molecule is O=C(O)CC(c1ccccc1N1CCNC1=O)C1CC1. The third-order valence-electron chi connectivity index (χ3n) is 4.07. The van der Waals surface area contributed by atoms with Gasteiger partial charge in [0, 0.05) is 18.8 Å². The normalized spacial score (nSPS) is 19.8. The Morgan fingerprint density at radius 3 is 2.75 bits per heavy atom. The van der Waals surface area contributed by atoms with Crippen molar-refractivity contribution in [3.63, 3.8) is 0 Å². The number of amides is 2. The number of carboxylic acid groups (broad SMARTS) is 1. The number of carbonyl (C=O) groups excluding carboxylic acids is 1. The van der Waals surface area contributed by atoms with E-state index < -0.39 is 5.97 Å². The van der Waals surface area contributed by atoms with Gasteiger partial charge in [0.25, 0.3) is 0 Å². The standard InChI is InChI=1S/C15H18N2O3/c18-14(19)9-12(10-5-6-10)11-3-1-2-4-13(11)17-8-7-16-15(17)20/h1-4,10,12H,5-9H2,(H,16,20)(H,18,19). The maximum Gasteiger partial charge on any atom is 0.322 e. The summed E-state index contributed by atoms with van der Waals surface area (Å²) < 4.78 is 0. The molecule has 3 rings (SSSR count). The van der Waals surface area contributed by atoms with Crippen LogP contribution in [0.4, 0.5) is 10.5 Å². The lowest BCUT2D eigenvalue weighted by Gasteiger charge is -2.23. The number of hydrogen-bond donors (Lipinski definition) is 2. The first-order chi connectivity index (χ1) is 9.66. The van der Waals surface area contributed by atoms with Gasteiger partial charge < -0.3 is 10.4 Å². The number of hydrogen-bond acceptors (Lipinski definition) is 2. The Morgan fingerprint density at radius 1 is 1.40 bits per heavy atom. The van der Waals surface area contributed by atoms with Gasteiger partial charge in [-0.15, -0.1) is 0 Å². The minimum atomic E-state index is -0.775. The molecule has 0 bridgehead atoms. The van der Waals surface area contributed by atoms with Gasteiger partial charge >= 0.3 is 12.0 Å². The van der Waals surface area contributed by atoms with Gasteiger partial charge in [-0.3, -0.25) is 9.69 Å². The summed E-state index contributed by atoms with van der Waals surface area (Å²) in [6, 6.07) is 7.60. The van der Waals surface area contributed by atoms with Crippen LogP contribution in [0.15, 0.2) is 24.3 Å². The minimum Gasteiger partial charge on any atom is -0.481 e. The van der Waals surface area contributed by atoms with E-state index in [1.165, 1.54) is 0 Å². The van der Waals surface area contributed by atoms with E-state index in [1.807, 2.05) is 24.3 Å². The molecule has 1 aliphatic heterocycles. The van der Waals surface area contributed by atoms with E-state index in [0.717, 1.165) is 24.1 Å². The number of nitrogens with one attached hydrogen (secondary N) is 1. The molecule has 0 spiro atoms. The summed E-state index contributed by atoms with van der Waals surface area (Å²) in [6.07, 6.45) is 2.30. The zero-order valence-electron chi connectivity index (χ0n) is 11.2. The van der Waals surface area contributed by atoms with Crippen LogP contribution in [0.1, 0.15) is 30.7 Å². The van der Waals surface area contributed by atoms with Crippen LogP contribution in [-0.4, -0.2) is 30.2 Å². The summed E-state index contributed by atoms with van der Waals surface area (Å²) in [4.78, 5) is 24.7. The summed E-state index contributed by atoms with van der Waals surface area (Å²) in [7, 11) is 0. The molecule has 5 heteroatoms. The highest BCUT2D eigenvalue weighted by Crippen LogP contribution is 2.47. The maximum absolute atomic E-state index is 11.9. The highest BCUT2D eigenvalue weighted by Gasteiger charge is 2.36. The summed E-state index contributed by atoms with van der Waals surface area (Å²) in [6.45, 7) is 1.28. The second-order valence-corrected chi connectivity index (χ2v) is 5.48. The van der Waals surface area contributed by atoms with Crippen molar-refractivity contribution in [2.45, 2.75) is 25.2 Å². The molecule has 5 nitrogen and oxygen atoms in total. The highest BCUT2D eigenvalue weighted by atomic mass is 16.4. The first-order valence-corrected chi connectivity index (χ1v) is 7.03. The third-order valence-corrected chi connectivity index (χ3v) is 4.07. The fraction of sp³-hybridized carbons (Fsp3) is 0.467. The van der Waals surface area contributed by atoms with Crippen LogP contribution in [0.3, 0.4) is 0 Å². The minimum absolute atomic E-state index is 0.0112. The topological polar surface area (TPSA) is 69.6 Å². The molecular weight excluding hydrogens is 256 g/mol. The lowest BCUT2D eigenvalue weighted by atomic mass is 9.89. The molecule has 0 radical (unpaired) electrons. The van der Waals surface area contributed by atoms with Crippen LogP contribution in [0.5, 0.6) is 0 Å². The number of urea groups is 1. The average molecular weight is 274 g/mol. The molecule has 20 heavy (non-hydrogen) atoms. The molecular formula is C15H18N2O3. The Labute approximate surface area is 117 Å². The van der Waals surface area contributed by atoms with Crippen molar-refractivity contribution < 1.29 is 14.7 Å². The van der Waals surface area contributed by atoms with Crippen LogP contribution in [0.2, 0.25) is 0 Å². The first kappa shape index (κ1) is 13.0. The fourth-order valence-corrected chi connectivity index (χ4v) is 2.97. The summed E-state index contributed by atoms with van der Waals surface area (Å²) >= 11 is 0. The highest BCUT2D eigenvalue weighted by molar-refractivity contribution is 5.95. The molecule has 1 saturated heterocycles. The number of para-hydroxylation sites is 1. The monoisotopic (exact) mass is 274 g/mol. The molecule has 1 aliphatic carbocycles. The summed E-state index contributed by atoms with van der Waals surface area (Å²) in [5.41, 5.74) is 1.86. The predicted molar refractivity (Wildman–Crippen MR) is 74.9 cm³/mol. The van der Waals surface area contributed by atoms with E-state index in [1.54, 1.807) is 4.90 Å². The Balaban J connectivity index is 1.95. The number of nitrogens with zero attached hydrogens (tertiary/aromatic N) is 1. The van der Waals surface area contributed by atoms with Crippen LogP contribution in [0.25, 0.3) is 0 Å².